The molecule has 1 atom stereocenters. The van der Waals surface area contributed by atoms with Crippen LogP contribution in [0.25, 0.3) is 0 Å². The van der Waals surface area contributed by atoms with Gasteiger partial charge in [0.05, 0.1) is 5.56 Å². The highest BCUT2D eigenvalue weighted by Crippen LogP contribution is 2.44. The van der Waals surface area contributed by atoms with Gasteiger partial charge in [0.15, 0.2) is 0 Å². The van der Waals surface area contributed by atoms with Crippen molar-refractivity contribution in [3.63, 3.8) is 0 Å². The number of carboxylic acid groups (broad SMARTS) is 1. The summed E-state index contributed by atoms with van der Waals surface area (Å²) in [5, 5.41) is 9.04. The van der Waals surface area contributed by atoms with Crippen LogP contribution in [0.5, 0.6) is 0 Å². The lowest BCUT2D eigenvalue weighted by Gasteiger charge is -2.41. The van der Waals surface area contributed by atoms with Crippen LogP contribution in [-0.4, -0.2) is 40.6 Å². The molecule has 0 bridgehead atoms. The van der Waals surface area contributed by atoms with Crippen LogP contribution in [0.1, 0.15) is 49.4 Å². The van der Waals surface area contributed by atoms with Gasteiger partial charge in [-0.25, -0.2) is 4.79 Å². The number of carbonyl (C=O) groups excluding carboxylic acids is 1. The Morgan fingerprint density at radius 1 is 1.18 bits per heavy atom. The lowest BCUT2D eigenvalue weighted by atomic mass is 9.80. The monoisotopic (exact) mass is 302 g/mol. The Balaban J connectivity index is 2.01. The molecule has 1 saturated heterocycles. The molecule has 5 nitrogen and oxygen atoms in total. The van der Waals surface area contributed by atoms with Crippen LogP contribution in [0.3, 0.4) is 0 Å². The van der Waals surface area contributed by atoms with Crippen molar-refractivity contribution in [1.82, 2.24) is 4.90 Å². The number of carboxylic acids is 1. The van der Waals surface area contributed by atoms with Crippen LogP contribution in [0.15, 0.2) is 24.3 Å². The summed E-state index contributed by atoms with van der Waals surface area (Å²) in [7, 11) is 1.86. The maximum Gasteiger partial charge on any atom is 0.335 e. The van der Waals surface area contributed by atoms with E-state index in [4.69, 9.17) is 5.11 Å². The number of rotatable bonds is 2. The molecule has 1 aromatic rings. The normalized spacial score (nSPS) is 24.1. The maximum absolute atomic E-state index is 12.8. The topological polar surface area (TPSA) is 60.9 Å². The van der Waals surface area contributed by atoms with Crippen molar-refractivity contribution in [2.24, 2.45) is 0 Å². The van der Waals surface area contributed by atoms with E-state index < -0.39 is 11.5 Å². The molecule has 1 N–H and O–H groups in total. The molecule has 2 aliphatic rings. The molecular weight excluding hydrogens is 280 g/mol. The van der Waals surface area contributed by atoms with Gasteiger partial charge in [-0.05, 0) is 44.0 Å². The summed E-state index contributed by atoms with van der Waals surface area (Å²) in [6.45, 7) is 2.03. The first-order chi connectivity index (χ1) is 10.5. The van der Waals surface area contributed by atoms with Crippen molar-refractivity contribution in [3.8, 4) is 0 Å². The van der Waals surface area contributed by atoms with E-state index in [1.807, 2.05) is 31.0 Å². The third kappa shape index (κ3) is 2.07. The average Bonchev–Trinajstić information content (AvgIpc) is 2.70. The minimum absolute atomic E-state index is 0.0127. The van der Waals surface area contributed by atoms with Crippen LogP contribution in [0.4, 0.5) is 5.69 Å². The number of anilines is 1. The van der Waals surface area contributed by atoms with Gasteiger partial charge >= 0.3 is 5.97 Å². The lowest BCUT2D eigenvalue weighted by Crippen LogP contribution is -2.51. The molecule has 1 aliphatic carbocycles. The number of amides is 1. The second-order valence-corrected chi connectivity index (χ2v) is 6.36. The molecule has 3 rings (SSSR count). The van der Waals surface area contributed by atoms with Gasteiger partial charge in [-0.3, -0.25) is 4.79 Å². The predicted molar refractivity (Wildman–Crippen MR) is 83.9 cm³/mol. The van der Waals surface area contributed by atoms with Crippen LogP contribution in [0, 0.1) is 0 Å². The second-order valence-electron chi connectivity index (χ2n) is 6.36. The zero-order valence-corrected chi connectivity index (χ0v) is 13.1. The van der Waals surface area contributed by atoms with Crippen molar-refractivity contribution < 1.29 is 14.7 Å². The highest BCUT2D eigenvalue weighted by atomic mass is 16.4. The van der Waals surface area contributed by atoms with E-state index >= 15 is 0 Å². The number of aromatic carboxylic acids is 1. The number of carbonyl (C=O) groups is 2. The number of hydrogen-bond donors (Lipinski definition) is 1. The van der Waals surface area contributed by atoms with Crippen LogP contribution < -0.4 is 4.90 Å². The lowest BCUT2D eigenvalue weighted by molar-refractivity contribution is -0.132. The summed E-state index contributed by atoms with van der Waals surface area (Å²) in [5.41, 5.74) is 0.752. The first-order valence-corrected chi connectivity index (χ1v) is 7.87. The minimum Gasteiger partial charge on any atom is -0.478 e. The third-order valence-corrected chi connectivity index (χ3v) is 5.19. The first kappa shape index (κ1) is 14.9. The van der Waals surface area contributed by atoms with E-state index in [1.54, 1.807) is 12.1 Å². The summed E-state index contributed by atoms with van der Waals surface area (Å²) in [5.74, 6) is -0.733. The maximum atomic E-state index is 12.8. The molecule has 22 heavy (non-hydrogen) atoms. The Labute approximate surface area is 130 Å². The molecule has 1 spiro atoms. The van der Waals surface area contributed by atoms with Crippen LogP contribution >= 0.6 is 0 Å². The SMILES string of the molecule is CC1N(C)C(=O)C2(CCCCC2)N1c1ccc(C(=O)O)cc1. The van der Waals surface area contributed by atoms with Crippen molar-refractivity contribution in [2.45, 2.75) is 50.7 Å². The Morgan fingerprint density at radius 3 is 2.32 bits per heavy atom. The molecule has 1 unspecified atom stereocenters. The third-order valence-electron chi connectivity index (χ3n) is 5.19. The fourth-order valence-corrected chi connectivity index (χ4v) is 3.95. The molecule has 1 aromatic carbocycles. The molecule has 0 radical (unpaired) electrons. The summed E-state index contributed by atoms with van der Waals surface area (Å²) in [6.07, 6.45) is 5.05. The molecule has 1 amide bonds. The standard InChI is InChI=1S/C17H22N2O3/c1-12-18(2)16(22)17(10-4-3-5-11-17)19(12)14-8-6-13(7-9-14)15(20)21/h6-9,12H,3-5,10-11H2,1-2H3,(H,20,21). The molecule has 1 saturated carbocycles. The first-order valence-electron chi connectivity index (χ1n) is 7.87. The Morgan fingerprint density at radius 2 is 1.77 bits per heavy atom. The van der Waals surface area contributed by atoms with Crippen LogP contribution in [-0.2, 0) is 4.79 Å². The summed E-state index contributed by atoms with van der Waals surface area (Å²) < 4.78 is 0. The number of hydrogen-bond acceptors (Lipinski definition) is 3. The van der Waals surface area contributed by atoms with E-state index in [0.29, 0.717) is 0 Å². The zero-order chi connectivity index (χ0) is 15.9. The van der Waals surface area contributed by atoms with Gasteiger partial charge in [0.25, 0.3) is 0 Å². The second kappa shape index (κ2) is 5.30. The number of likely N-dealkylation sites (N-methyl/N-ethyl adjacent to an activating group) is 1. The summed E-state index contributed by atoms with van der Waals surface area (Å²) in [6, 6.07) is 6.87. The van der Waals surface area contributed by atoms with Gasteiger partial charge in [-0.15, -0.1) is 0 Å². The van der Waals surface area contributed by atoms with Crippen molar-refractivity contribution >= 4 is 17.6 Å². The fourth-order valence-electron chi connectivity index (χ4n) is 3.95. The highest BCUT2D eigenvalue weighted by molar-refractivity contribution is 5.94. The zero-order valence-electron chi connectivity index (χ0n) is 13.1. The van der Waals surface area contributed by atoms with Crippen molar-refractivity contribution in [3.05, 3.63) is 29.8 Å². The predicted octanol–water partition coefficient (Wildman–Crippen LogP) is 2.71. The van der Waals surface area contributed by atoms with E-state index in [9.17, 15) is 9.59 Å². The molecule has 118 valence electrons. The van der Waals surface area contributed by atoms with E-state index in [2.05, 4.69) is 4.90 Å². The quantitative estimate of drug-likeness (QED) is 0.912. The average molecular weight is 302 g/mol. The minimum atomic E-state index is -0.929. The van der Waals surface area contributed by atoms with Crippen LogP contribution in [0.2, 0.25) is 0 Å². The highest BCUT2D eigenvalue weighted by Gasteiger charge is 2.54. The van der Waals surface area contributed by atoms with Gasteiger partial charge in [0, 0.05) is 12.7 Å². The van der Waals surface area contributed by atoms with Gasteiger partial charge in [-0.1, -0.05) is 19.3 Å². The molecular formula is C17H22N2O3. The van der Waals surface area contributed by atoms with E-state index in [0.717, 1.165) is 31.4 Å². The molecule has 1 heterocycles. The van der Waals surface area contributed by atoms with Gasteiger partial charge in [0.1, 0.15) is 11.7 Å². The largest absolute Gasteiger partial charge is 0.478 e. The number of benzene rings is 1. The smallest absolute Gasteiger partial charge is 0.335 e. The molecule has 2 fully saturated rings. The fraction of sp³-hybridized carbons (Fsp3) is 0.529. The molecule has 1 aliphatic heterocycles. The van der Waals surface area contributed by atoms with E-state index in [-0.39, 0.29) is 17.6 Å². The van der Waals surface area contributed by atoms with Crippen molar-refractivity contribution in [1.29, 1.82) is 0 Å². The van der Waals surface area contributed by atoms with Crippen molar-refractivity contribution in [2.75, 3.05) is 11.9 Å². The molecule has 0 aromatic heterocycles. The molecule has 5 heteroatoms. The Hall–Kier alpha value is -2.04. The Bertz CT molecular complexity index is 590. The van der Waals surface area contributed by atoms with E-state index in [1.165, 1.54) is 6.42 Å². The summed E-state index contributed by atoms with van der Waals surface area (Å²) in [4.78, 5) is 27.9. The van der Waals surface area contributed by atoms with Gasteiger partial charge in [-0.2, -0.15) is 0 Å². The van der Waals surface area contributed by atoms with Gasteiger partial charge in [0.2, 0.25) is 5.91 Å². The number of nitrogens with zero attached hydrogens (tertiary/aromatic N) is 2. The Kier molecular flexibility index (Phi) is 3.59. The summed E-state index contributed by atoms with van der Waals surface area (Å²) >= 11 is 0. The van der Waals surface area contributed by atoms with Gasteiger partial charge < -0.3 is 14.9 Å².